The number of benzene rings is 1. The van der Waals surface area contributed by atoms with Crippen molar-refractivity contribution in [3.63, 3.8) is 0 Å². The normalized spacial score (nSPS) is 22.3. The number of amides is 1. The maximum Gasteiger partial charge on any atom is 0.234 e. The molecule has 0 spiro atoms. The van der Waals surface area contributed by atoms with Gasteiger partial charge in [-0.2, -0.15) is 0 Å². The fraction of sp³-hybridized carbons (Fsp3) is 0.682. The largest absolute Gasteiger partial charge is 0.490 e. The third-order valence-electron chi connectivity index (χ3n) is 5.87. The van der Waals surface area contributed by atoms with Crippen molar-refractivity contribution in [2.45, 2.75) is 52.6 Å². The summed E-state index contributed by atoms with van der Waals surface area (Å²) in [5.41, 5.74) is 7.30. The second-order valence-corrected chi connectivity index (χ2v) is 9.14. The molecule has 1 saturated heterocycles. The number of carbonyl (C=O) groups excluding carboxylic acids is 1. The summed E-state index contributed by atoms with van der Waals surface area (Å²) in [5.74, 6) is 1.86. The number of rotatable bonds is 5. The molecule has 2 aliphatic heterocycles. The zero-order valence-electron chi connectivity index (χ0n) is 18.1. The van der Waals surface area contributed by atoms with Crippen LogP contribution < -0.4 is 20.5 Å². The number of piperidine rings is 1. The van der Waals surface area contributed by atoms with Gasteiger partial charge in [0.1, 0.15) is 0 Å². The molecule has 3 N–H and O–H groups in total. The Morgan fingerprint density at radius 2 is 1.97 bits per heavy atom. The number of carbonyl (C=O) groups is 1. The third-order valence-corrected chi connectivity index (χ3v) is 5.87. The fourth-order valence-corrected chi connectivity index (χ4v) is 4.05. The molecule has 7 heteroatoms. The summed E-state index contributed by atoms with van der Waals surface area (Å²) in [7, 11) is 0. The predicted octanol–water partition coefficient (Wildman–Crippen LogP) is 3.14. The molecule has 1 amide bonds. The van der Waals surface area contributed by atoms with E-state index in [9.17, 15) is 4.79 Å². The van der Waals surface area contributed by atoms with Crippen LogP contribution >= 0.6 is 12.4 Å². The summed E-state index contributed by atoms with van der Waals surface area (Å²) in [5, 5.41) is 3.23. The van der Waals surface area contributed by atoms with E-state index in [1.165, 1.54) is 0 Å². The Balaban J connectivity index is 0.00000300. The molecule has 1 aromatic carbocycles. The summed E-state index contributed by atoms with van der Waals surface area (Å²) >= 11 is 0. The lowest BCUT2D eigenvalue weighted by Gasteiger charge is -2.42. The predicted molar refractivity (Wildman–Crippen MR) is 118 cm³/mol. The highest BCUT2D eigenvalue weighted by atomic mass is 35.5. The Bertz CT molecular complexity index is 696. The van der Waals surface area contributed by atoms with E-state index in [4.69, 9.17) is 15.2 Å². The molecule has 1 aromatic rings. The molecular weight excluding hydrogens is 390 g/mol. The molecule has 0 saturated carbocycles. The summed E-state index contributed by atoms with van der Waals surface area (Å²) in [6.07, 6.45) is 1.81. The van der Waals surface area contributed by atoms with Crippen molar-refractivity contribution in [2.75, 3.05) is 32.8 Å². The number of nitrogens with one attached hydrogen (secondary N) is 1. The Morgan fingerprint density at radius 1 is 1.28 bits per heavy atom. The van der Waals surface area contributed by atoms with Gasteiger partial charge in [-0.1, -0.05) is 33.8 Å². The quantitative estimate of drug-likeness (QED) is 0.757. The first kappa shape index (κ1) is 23.8. The standard InChI is InChI=1S/C22H35N3O3.ClH/c1-15(2)21(16-6-7-17-18(12-16)28-11-5-10-27-17)24-20(26)13-25-9-8-19(23)22(3,4)14-25;/h6-7,12,15,19,21H,5,8-11,13-14,23H2,1-4H3,(H,24,26);1H. The van der Waals surface area contributed by atoms with Gasteiger partial charge in [0.2, 0.25) is 5.91 Å². The van der Waals surface area contributed by atoms with Crippen LogP contribution in [0.4, 0.5) is 0 Å². The topological polar surface area (TPSA) is 76.8 Å². The lowest BCUT2D eigenvalue weighted by atomic mass is 9.80. The fourth-order valence-electron chi connectivity index (χ4n) is 4.05. The highest BCUT2D eigenvalue weighted by molar-refractivity contribution is 5.85. The maximum absolute atomic E-state index is 12.8. The van der Waals surface area contributed by atoms with Crippen LogP contribution in [0.5, 0.6) is 11.5 Å². The minimum absolute atomic E-state index is 0. The van der Waals surface area contributed by atoms with Gasteiger partial charge >= 0.3 is 0 Å². The number of ether oxygens (including phenoxy) is 2. The Hall–Kier alpha value is -1.50. The maximum atomic E-state index is 12.8. The Kier molecular flexibility index (Phi) is 8.20. The average molecular weight is 426 g/mol. The molecule has 2 aliphatic rings. The van der Waals surface area contributed by atoms with Gasteiger partial charge in [-0.3, -0.25) is 9.69 Å². The second-order valence-electron chi connectivity index (χ2n) is 9.14. The van der Waals surface area contributed by atoms with E-state index in [1.54, 1.807) is 0 Å². The molecular formula is C22H36ClN3O3. The number of hydrogen-bond acceptors (Lipinski definition) is 5. The molecule has 0 aromatic heterocycles. The molecule has 0 radical (unpaired) electrons. The molecule has 29 heavy (non-hydrogen) atoms. The highest BCUT2D eigenvalue weighted by Gasteiger charge is 2.34. The van der Waals surface area contributed by atoms with E-state index in [-0.39, 0.29) is 41.7 Å². The van der Waals surface area contributed by atoms with Crippen LogP contribution in [0.1, 0.15) is 52.1 Å². The van der Waals surface area contributed by atoms with Crippen molar-refractivity contribution in [3.8, 4) is 11.5 Å². The lowest BCUT2D eigenvalue weighted by molar-refractivity contribution is -0.124. The van der Waals surface area contributed by atoms with Crippen molar-refractivity contribution in [2.24, 2.45) is 17.1 Å². The number of nitrogens with zero attached hydrogens (tertiary/aromatic N) is 1. The van der Waals surface area contributed by atoms with Crippen LogP contribution in [-0.4, -0.2) is 49.7 Å². The number of nitrogens with two attached hydrogens (primary N) is 1. The minimum Gasteiger partial charge on any atom is -0.490 e. The summed E-state index contributed by atoms with van der Waals surface area (Å²) < 4.78 is 11.5. The molecule has 0 aliphatic carbocycles. The third kappa shape index (κ3) is 6.00. The van der Waals surface area contributed by atoms with E-state index in [2.05, 4.69) is 37.9 Å². The number of fused-ring (bicyclic) bond motifs is 1. The molecule has 2 atom stereocenters. The van der Waals surface area contributed by atoms with E-state index >= 15 is 0 Å². The molecule has 2 heterocycles. The SMILES string of the molecule is CC(C)C(NC(=O)CN1CCC(N)C(C)(C)C1)c1ccc2c(c1)OCCCO2.Cl. The van der Waals surface area contributed by atoms with Crippen molar-refractivity contribution in [1.29, 1.82) is 0 Å². The first-order valence-corrected chi connectivity index (χ1v) is 10.4. The number of likely N-dealkylation sites (tertiary alicyclic amines) is 1. The average Bonchev–Trinajstić information content (AvgIpc) is 2.87. The van der Waals surface area contributed by atoms with Gasteiger partial charge in [0, 0.05) is 25.6 Å². The van der Waals surface area contributed by atoms with E-state index in [0.717, 1.165) is 43.0 Å². The van der Waals surface area contributed by atoms with Gasteiger partial charge in [-0.15, -0.1) is 12.4 Å². The van der Waals surface area contributed by atoms with Crippen molar-refractivity contribution < 1.29 is 14.3 Å². The molecule has 1 fully saturated rings. The van der Waals surface area contributed by atoms with Crippen molar-refractivity contribution in [3.05, 3.63) is 23.8 Å². The van der Waals surface area contributed by atoms with Crippen LogP contribution in [0.15, 0.2) is 18.2 Å². The minimum atomic E-state index is -0.0651. The lowest BCUT2D eigenvalue weighted by Crippen LogP contribution is -2.54. The van der Waals surface area contributed by atoms with Gasteiger partial charge in [0.25, 0.3) is 0 Å². The molecule has 6 nitrogen and oxygen atoms in total. The van der Waals surface area contributed by atoms with Gasteiger partial charge in [0.15, 0.2) is 11.5 Å². The van der Waals surface area contributed by atoms with Crippen LogP contribution in [0.2, 0.25) is 0 Å². The Morgan fingerprint density at radius 3 is 2.62 bits per heavy atom. The number of halogens is 1. The van der Waals surface area contributed by atoms with Crippen LogP contribution in [0, 0.1) is 11.3 Å². The zero-order chi connectivity index (χ0) is 20.3. The van der Waals surface area contributed by atoms with E-state index in [0.29, 0.717) is 19.8 Å². The molecule has 3 rings (SSSR count). The van der Waals surface area contributed by atoms with E-state index < -0.39 is 0 Å². The zero-order valence-corrected chi connectivity index (χ0v) is 18.9. The van der Waals surface area contributed by atoms with Gasteiger partial charge < -0.3 is 20.5 Å². The second kappa shape index (κ2) is 10.0. The first-order chi connectivity index (χ1) is 13.3. The summed E-state index contributed by atoms with van der Waals surface area (Å²) in [6.45, 7) is 12.0. The summed E-state index contributed by atoms with van der Waals surface area (Å²) in [4.78, 5) is 15.0. The van der Waals surface area contributed by atoms with Crippen molar-refractivity contribution in [1.82, 2.24) is 10.2 Å². The van der Waals surface area contributed by atoms with Crippen molar-refractivity contribution >= 4 is 18.3 Å². The Labute approximate surface area is 180 Å². The molecule has 0 bridgehead atoms. The molecule has 164 valence electrons. The highest BCUT2D eigenvalue weighted by Crippen LogP contribution is 2.34. The van der Waals surface area contributed by atoms with Gasteiger partial charge in [-0.05, 0) is 35.4 Å². The van der Waals surface area contributed by atoms with Gasteiger partial charge in [-0.25, -0.2) is 0 Å². The van der Waals surface area contributed by atoms with Crippen LogP contribution in [-0.2, 0) is 4.79 Å². The molecule has 2 unspecified atom stereocenters. The van der Waals surface area contributed by atoms with Crippen LogP contribution in [0.3, 0.4) is 0 Å². The van der Waals surface area contributed by atoms with E-state index in [1.807, 2.05) is 18.2 Å². The smallest absolute Gasteiger partial charge is 0.234 e. The first-order valence-electron chi connectivity index (χ1n) is 10.4. The summed E-state index contributed by atoms with van der Waals surface area (Å²) in [6, 6.07) is 6.11. The van der Waals surface area contributed by atoms with Crippen LogP contribution in [0.25, 0.3) is 0 Å². The number of hydrogen-bond donors (Lipinski definition) is 2. The monoisotopic (exact) mass is 425 g/mol. The van der Waals surface area contributed by atoms with Gasteiger partial charge in [0.05, 0.1) is 25.8 Å².